The summed E-state index contributed by atoms with van der Waals surface area (Å²) in [7, 11) is 0. The van der Waals surface area contributed by atoms with E-state index in [2.05, 4.69) is 5.43 Å². The second-order valence-corrected chi connectivity index (χ2v) is 6.32. The van der Waals surface area contributed by atoms with E-state index >= 15 is 0 Å². The van der Waals surface area contributed by atoms with Crippen molar-refractivity contribution >= 4 is 54.2 Å². The number of carboxylic acid groups (broad SMARTS) is 1. The van der Waals surface area contributed by atoms with Gasteiger partial charge < -0.3 is 21.5 Å². The number of aliphatic carboxylic acids is 1. The van der Waals surface area contributed by atoms with E-state index in [1.165, 1.54) is 24.3 Å². The average Bonchev–Trinajstić information content (AvgIpc) is 2.64. The van der Waals surface area contributed by atoms with Gasteiger partial charge in [0, 0.05) is 30.8 Å². The lowest BCUT2D eigenvalue weighted by atomic mass is 9.89. The van der Waals surface area contributed by atoms with Gasteiger partial charge >= 0.3 is 5.97 Å². The number of carboxylic acids is 1. The van der Waals surface area contributed by atoms with Crippen LogP contribution in [-0.4, -0.2) is 76.1 Å². The van der Waals surface area contributed by atoms with Crippen molar-refractivity contribution in [3.8, 4) is 0 Å². The maximum absolute atomic E-state index is 12.8. The van der Waals surface area contributed by atoms with Crippen LogP contribution in [0, 0.1) is 5.41 Å². The lowest BCUT2D eigenvalue weighted by molar-refractivity contribution is -0.163. The lowest BCUT2D eigenvalue weighted by Crippen LogP contribution is -2.75. The second kappa shape index (κ2) is 10.9. The van der Waals surface area contributed by atoms with E-state index in [0.717, 1.165) is 16.8 Å². The van der Waals surface area contributed by atoms with Gasteiger partial charge in [0.05, 0.1) is 0 Å². The smallest absolute Gasteiger partial charge is 0.323 e. The first-order valence-corrected chi connectivity index (χ1v) is 8.39. The number of nitrogen functional groups attached to an aromatic ring is 1. The summed E-state index contributed by atoms with van der Waals surface area (Å²) >= 11 is 0. The number of hydrazine groups is 1. The summed E-state index contributed by atoms with van der Waals surface area (Å²) in [4.78, 5) is 49.8. The van der Waals surface area contributed by atoms with Crippen LogP contribution in [0.1, 0.15) is 22.8 Å². The molecule has 30 heavy (non-hydrogen) atoms. The van der Waals surface area contributed by atoms with Crippen LogP contribution in [0.3, 0.4) is 0 Å². The lowest BCUT2D eigenvalue weighted by Gasteiger charge is -2.46. The Bertz CT molecular complexity index is 834. The molecule has 13 heteroatoms. The number of nitrogens with two attached hydrogens (primary N) is 2. The van der Waals surface area contributed by atoms with Crippen LogP contribution >= 0.6 is 24.8 Å². The van der Waals surface area contributed by atoms with Crippen LogP contribution in [0.2, 0.25) is 0 Å². The van der Waals surface area contributed by atoms with Crippen molar-refractivity contribution in [3.63, 3.8) is 0 Å². The predicted molar refractivity (Wildman–Crippen MR) is 113 cm³/mol. The molecule has 0 aliphatic carbocycles. The summed E-state index contributed by atoms with van der Waals surface area (Å²) < 4.78 is 0. The first kappa shape index (κ1) is 27.3. The van der Waals surface area contributed by atoms with E-state index in [1.54, 1.807) is 0 Å². The minimum Gasteiger partial charge on any atom is -0.480 e. The van der Waals surface area contributed by atoms with Crippen LogP contribution in [0.25, 0.3) is 0 Å². The zero-order valence-electron chi connectivity index (χ0n) is 16.1. The highest BCUT2D eigenvalue weighted by Gasteiger charge is 2.53. The first-order chi connectivity index (χ1) is 13.1. The highest BCUT2D eigenvalue weighted by atomic mass is 35.5. The summed E-state index contributed by atoms with van der Waals surface area (Å²) in [6.45, 7) is 0.190. The molecular weight excluding hydrogens is 439 g/mol. The van der Waals surface area contributed by atoms with Crippen molar-refractivity contribution in [1.82, 2.24) is 15.3 Å². The van der Waals surface area contributed by atoms with E-state index in [4.69, 9.17) is 22.0 Å². The van der Waals surface area contributed by atoms with Gasteiger partial charge in [-0.15, -0.1) is 24.8 Å². The van der Waals surface area contributed by atoms with Crippen LogP contribution < -0.4 is 16.9 Å². The van der Waals surface area contributed by atoms with Gasteiger partial charge in [0.1, 0.15) is 12.4 Å². The van der Waals surface area contributed by atoms with Gasteiger partial charge in [0.2, 0.25) is 0 Å². The molecule has 2 amide bonds. The van der Waals surface area contributed by atoms with Crippen LogP contribution in [-0.2, 0) is 14.4 Å². The molecule has 166 valence electrons. The van der Waals surface area contributed by atoms with E-state index in [0.29, 0.717) is 5.56 Å². The molecule has 1 fully saturated rings. The number of ketones is 1. The number of benzene rings is 1. The molecule has 1 aliphatic rings. The Labute approximate surface area is 185 Å². The molecule has 1 aromatic carbocycles. The predicted octanol–water partition coefficient (Wildman–Crippen LogP) is -1.03. The van der Waals surface area contributed by atoms with E-state index in [-0.39, 0.29) is 49.3 Å². The highest BCUT2D eigenvalue weighted by molar-refractivity contribution is 6.11. The molecule has 1 aromatic rings. The quantitative estimate of drug-likeness (QED) is 0.193. The Morgan fingerprint density at radius 3 is 2.13 bits per heavy atom. The van der Waals surface area contributed by atoms with Crippen molar-refractivity contribution < 1.29 is 24.3 Å². The third-order valence-electron chi connectivity index (χ3n) is 4.59. The van der Waals surface area contributed by atoms with Gasteiger partial charge in [0.15, 0.2) is 11.3 Å². The largest absolute Gasteiger partial charge is 0.480 e. The van der Waals surface area contributed by atoms with Gasteiger partial charge in [-0.2, -0.15) is 5.01 Å². The molecule has 1 aliphatic heterocycles. The third kappa shape index (κ3) is 5.25. The molecule has 1 saturated heterocycles. The number of Topliss-reactive ketones (excluding diaryl/α,β-unsaturated/α-hetero) is 1. The number of carbonyl (C=O) groups is 4. The van der Waals surface area contributed by atoms with Gasteiger partial charge in [0.25, 0.3) is 11.8 Å². The molecule has 11 nitrogen and oxygen atoms in total. The average molecular weight is 463 g/mol. The van der Waals surface area contributed by atoms with E-state index < -0.39 is 42.2 Å². The van der Waals surface area contributed by atoms with Gasteiger partial charge in [-0.3, -0.25) is 30.0 Å². The number of amidine groups is 1. The fourth-order valence-electron chi connectivity index (χ4n) is 3.03. The van der Waals surface area contributed by atoms with Crippen molar-refractivity contribution in [2.45, 2.75) is 12.5 Å². The van der Waals surface area contributed by atoms with E-state index in [9.17, 15) is 19.2 Å². The zero-order valence-corrected chi connectivity index (χ0v) is 17.7. The zero-order chi connectivity index (χ0) is 21.1. The van der Waals surface area contributed by atoms with Crippen LogP contribution in [0.4, 0.5) is 0 Å². The van der Waals surface area contributed by atoms with Gasteiger partial charge in [-0.25, -0.2) is 0 Å². The number of hydrogen-bond donors (Lipinski definition) is 5. The Kier molecular flexibility index (Phi) is 9.89. The highest BCUT2D eigenvalue weighted by Crippen LogP contribution is 2.22. The number of rotatable bonds is 7. The standard InChI is InChI=1S/C17H22N6O5.2ClH/c1-10(24)17(9-18)16(28)22(8-13(25)26)6-7-23(17)21-15(27)12-4-2-11(3-5-12)14(19)20;;/h2-5H,6-9,18H2,1H3,(H3,19,20)(H,21,27)(H,25,26);2*1H/t17-;;/m0../s1. The molecular formula is C17H24Cl2N6O5. The fraction of sp³-hybridized carbons (Fsp3) is 0.353. The van der Waals surface area contributed by atoms with Gasteiger partial charge in [-0.05, 0) is 19.1 Å². The number of halogens is 2. The minimum atomic E-state index is -1.89. The maximum Gasteiger partial charge on any atom is 0.323 e. The molecule has 7 N–H and O–H groups in total. The molecule has 0 saturated carbocycles. The summed E-state index contributed by atoms with van der Waals surface area (Å²) in [5.74, 6) is -3.34. The van der Waals surface area contributed by atoms with Crippen molar-refractivity contribution in [3.05, 3.63) is 35.4 Å². The van der Waals surface area contributed by atoms with Crippen molar-refractivity contribution in [1.29, 1.82) is 5.41 Å². The van der Waals surface area contributed by atoms with Crippen molar-refractivity contribution in [2.24, 2.45) is 11.5 Å². The number of nitrogens with one attached hydrogen (secondary N) is 2. The Morgan fingerprint density at radius 1 is 1.17 bits per heavy atom. The number of amides is 2. The molecule has 0 unspecified atom stereocenters. The second-order valence-electron chi connectivity index (χ2n) is 6.32. The summed E-state index contributed by atoms with van der Waals surface area (Å²) in [6, 6.07) is 5.89. The van der Waals surface area contributed by atoms with Crippen LogP contribution in [0.5, 0.6) is 0 Å². The summed E-state index contributed by atoms with van der Waals surface area (Å²) in [5, 5.41) is 17.5. The molecule has 1 heterocycles. The van der Waals surface area contributed by atoms with Crippen molar-refractivity contribution in [2.75, 3.05) is 26.2 Å². The fourth-order valence-corrected chi connectivity index (χ4v) is 3.03. The SMILES string of the molecule is CC(=O)[C@@]1(CN)C(=O)N(CC(=O)O)CCN1NC(=O)c1ccc(C(=N)N)cc1.Cl.Cl. The summed E-state index contributed by atoms with van der Waals surface area (Å²) in [6.07, 6.45) is 0. The Morgan fingerprint density at radius 2 is 1.70 bits per heavy atom. The normalized spacial score (nSPS) is 18.6. The molecule has 2 rings (SSSR count). The Hall–Kier alpha value is -2.73. The van der Waals surface area contributed by atoms with Gasteiger partial charge in [-0.1, -0.05) is 12.1 Å². The molecule has 0 radical (unpaired) electrons. The maximum atomic E-state index is 12.8. The molecule has 0 aromatic heterocycles. The summed E-state index contributed by atoms with van der Waals surface area (Å²) in [5.41, 5.74) is 12.4. The minimum absolute atomic E-state index is 0. The molecule has 0 spiro atoms. The monoisotopic (exact) mass is 462 g/mol. The third-order valence-corrected chi connectivity index (χ3v) is 4.59. The molecule has 1 atom stereocenters. The Balaban J connectivity index is 0.00000420. The van der Waals surface area contributed by atoms with Crippen LogP contribution in [0.15, 0.2) is 24.3 Å². The number of carbonyl (C=O) groups excluding carboxylic acids is 3. The topological polar surface area (TPSA) is 183 Å². The van der Waals surface area contributed by atoms with E-state index in [1.807, 2.05) is 0 Å². The number of hydrogen-bond acceptors (Lipinski definition) is 7. The number of nitrogens with zero attached hydrogens (tertiary/aromatic N) is 2. The first-order valence-electron chi connectivity index (χ1n) is 8.39. The number of piperazine rings is 1. The molecule has 0 bridgehead atoms.